The van der Waals surface area contributed by atoms with E-state index in [1.807, 2.05) is 35.0 Å². The Labute approximate surface area is 182 Å². The van der Waals surface area contributed by atoms with Crippen LogP contribution in [0.1, 0.15) is 28.5 Å². The molecule has 0 spiro atoms. The number of hydrogen-bond donors (Lipinski definition) is 2. The molecule has 0 amide bonds. The molecular formula is C21H23NO6S2. The van der Waals surface area contributed by atoms with Crippen molar-refractivity contribution in [3.05, 3.63) is 56.9 Å². The fourth-order valence-electron chi connectivity index (χ4n) is 3.69. The van der Waals surface area contributed by atoms with Gasteiger partial charge in [0.15, 0.2) is 0 Å². The molecule has 9 heteroatoms. The first kappa shape index (κ1) is 22.2. The van der Waals surface area contributed by atoms with Crippen molar-refractivity contribution in [1.82, 2.24) is 4.90 Å². The van der Waals surface area contributed by atoms with E-state index in [4.69, 9.17) is 14.9 Å². The van der Waals surface area contributed by atoms with Gasteiger partial charge in [-0.25, -0.2) is 9.59 Å². The van der Waals surface area contributed by atoms with Crippen LogP contribution >= 0.6 is 22.7 Å². The molecule has 3 saturated heterocycles. The van der Waals surface area contributed by atoms with Crippen LogP contribution in [0.5, 0.6) is 0 Å². The largest absolute Gasteiger partial charge is 0.478 e. The number of carbonyl (C=O) groups excluding carboxylic acids is 1. The van der Waals surface area contributed by atoms with Crippen molar-refractivity contribution < 1.29 is 29.3 Å². The highest BCUT2D eigenvalue weighted by atomic mass is 32.1. The maximum atomic E-state index is 12.9. The standard InChI is InChI=1S/C17H19NO2S2.C4H4O4/c19-17(20-13-11-18-7-5-12(13)6-8-18)16(14-3-1-9-21-14)15-4-2-10-22-15;5-3(6)1-2-4(7)8/h1-4,9-10,12-13,16H,5-8,11H2;1-2H,(H,5,6)(H,7,8)/b;2-1+/t13-;/m0./s1. The second-order valence-electron chi connectivity index (χ2n) is 7.09. The van der Waals surface area contributed by atoms with Crippen molar-refractivity contribution in [1.29, 1.82) is 0 Å². The molecule has 0 aromatic carbocycles. The average Bonchev–Trinajstić information content (AvgIpc) is 3.43. The summed E-state index contributed by atoms with van der Waals surface area (Å²) in [5.74, 6) is -2.29. The number of carboxylic acids is 2. The van der Waals surface area contributed by atoms with Gasteiger partial charge in [0, 0.05) is 28.5 Å². The number of nitrogens with zero attached hydrogens (tertiary/aromatic N) is 1. The van der Waals surface area contributed by atoms with Crippen LogP contribution in [0.2, 0.25) is 0 Å². The smallest absolute Gasteiger partial charge is 0.328 e. The third-order valence-electron chi connectivity index (χ3n) is 5.12. The van der Waals surface area contributed by atoms with E-state index >= 15 is 0 Å². The van der Waals surface area contributed by atoms with E-state index in [1.54, 1.807) is 22.7 Å². The molecule has 2 aromatic heterocycles. The first-order valence-corrected chi connectivity index (χ1v) is 11.3. The highest BCUT2D eigenvalue weighted by molar-refractivity contribution is 7.11. The number of fused-ring (bicyclic) bond motifs is 3. The normalized spacial score (nSPS) is 22.5. The molecule has 7 nitrogen and oxygen atoms in total. The van der Waals surface area contributed by atoms with Gasteiger partial charge in [0.1, 0.15) is 12.0 Å². The fraction of sp³-hybridized carbons (Fsp3) is 0.381. The van der Waals surface area contributed by atoms with Gasteiger partial charge < -0.3 is 14.9 Å². The van der Waals surface area contributed by atoms with Crippen LogP contribution in [-0.4, -0.2) is 58.8 Å². The Morgan fingerprint density at radius 2 is 1.53 bits per heavy atom. The molecule has 0 radical (unpaired) electrons. The summed E-state index contributed by atoms with van der Waals surface area (Å²) in [5.41, 5.74) is 0. The summed E-state index contributed by atoms with van der Waals surface area (Å²) < 4.78 is 5.97. The number of esters is 1. The molecule has 3 aliphatic heterocycles. The first-order chi connectivity index (χ1) is 14.4. The Bertz CT molecular complexity index is 819. The Balaban J connectivity index is 0.000000275. The predicted octanol–water partition coefficient (Wildman–Crippen LogP) is 3.29. The van der Waals surface area contributed by atoms with E-state index in [-0.39, 0.29) is 18.0 Å². The highest BCUT2D eigenvalue weighted by Gasteiger charge is 2.38. The molecule has 3 aliphatic rings. The predicted molar refractivity (Wildman–Crippen MR) is 114 cm³/mol. The third-order valence-corrected chi connectivity index (χ3v) is 7.00. The number of aliphatic carboxylic acids is 2. The fourth-order valence-corrected chi connectivity index (χ4v) is 5.42. The molecule has 5 heterocycles. The number of hydrogen-bond acceptors (Lipinski definition) is 7. The van der Waals surface area contributed by atoms with Crippen molar-refractivity contribution in [3.8, 4) is 0 Å². The van der Waals surface area contributed by atoms with E-state index < -0.39 is 11.9 Å². The van der Waals surface area contributed by atoms with Crippen LogP contribution in [0.25, 0.3) is 0 Å². The molecule has 0 unspecified atom stereocenters. The van der Waals surface area contributed by atoms with Crippen molar-refractivity contribution in [3.63, 3.8) is 0 Å². The van der Waals surface area contributed by atoms with Gasteiger partial charge >= 0.3 is 17.9 Å². The van der Waals surface area contributed by atoms with Gasteiger partial charge in [0.25, 0.3) is 0 Å². The SMILES string of the molecule is O=C(O)/C=C/C(=O)O.O=C(O[C@H]1CN2CCC1CC2)C(c1cccs1)c1cccs1. The quantitative estimate of drug-likeness (QED) is 0.515. The van der Waals surface area contributed by atoms with E-state index in [2.05, 4.69) is 4.90 Å². The Kier molecular flexibility index (Phi) is 7.78. The monoisotopic (exact) mass is 449 g/mol. The van der Waals surface area contributed by atoms with E-state index in [1.165, 1.54) is 12.8 Å². The first-order valence-electron chi connectivity index (χ1n) is 9.57. The topological polar surface area (TPSA) is 104 Å². The summed E-state index contributed by atoms with van der Waals surface area (Å²) in [4.78, 5) is 36.5. The van der Waals surface area contributed by atoms with Crippen LogP contribution in [0, 0.1) is 5.92 Å². The average molecular weight is 450 g/mol. The second kappa shape index (κ2) is 10.5. The number of rotatable bonds is 6. The van der Waals surface area contributed by atoms with Crippen molar-refractivity contribution in [2.75, 3.05) is 19.6 Å². The zero-order valence-electron chi connectivity index (χ0n) is 16.2. The summed E-state index contributed by atoms with van der Waals surface area (Å²) in [6.45, 7) is 3.24. The van der Waals surface area contributed by atoms with Crippen molar-refractivity contribution >= 4 is 40.6 Å². The zero-order valence-corrected chi connectivity index (χ0v) is 17.8. The number of carbonyl (C=O) groups is 3. The molecule has 3 fully saturated rings. The van der Waals surface area contributed by atoms with Gasteiger partial charge in [0.05, 0.1) is 0 Å². The van der Waals surface area contributed by atoms with E-state index in [0.717, 1.165) is 29.4 Å². The number of ether oxygens (including phenoxy) is 1. The molecule has 0 aliphatic carbocycles. The molecule has 1 atom stereocenters. The lowest BCUT2D eigenvalue weighted by Crippen LogP contribution is -2.52. The van der Waals surface area contributed by atoms with Crippen molar-refractivity contribution in [2.24, 2.45) is 5.92 Å². The molecular weight excluding hydrogens is 426 g/mol. The van der Waals surface area contributed by atoms with Crippen LogP contribution in [0.15, 0.2) is 47.2 Å². The molecule has 30 heavy (non-hydrogen) atoms. The van der Waals surface area contributed by atoms with Gasteiger partial charge in [0.2, 0.25) is 0 Å². The summed E-state index contributed by atoms with van der Waals surface area (Å²) in [7, 11) is 0. The van der Waals surface area contributed by atoms with Gasteiger partial charge in [-0.05, 0) is 54.7 Å². The molecule has 2 aromatic rings. The highest BCUT2D eigenvalue weighted by Crippen LogP contribution is 2.35. The lowest BCUT2D eigenvalue weighted by atomic mass is 9.86. The van der Waals surface area contributed by atoms with E-state index in [0.29, 0.717) is 18.1 Å². The van der Waals surface area contributed by atoms with Crippen LogP contribution < -0.4 is 0 Å². The molecule has 160 valence electrons. The summed E-state index contributed by atoms with van der Waals surface area (Å²) in [6, 6.07) is 8.07. The Morgan fingerprint density at radius 3 is 1.90 bits per heavy atom. The maximum Gasteiger partial charge on any atom is 0.328 e. The summed E-state index contributed by atoms with van der Waals surface area (Å²) in [5, 5.41) is 19.7. The summed E-state index contributed by atoms with van der Waals surface area (Å²) in [6.07, 6.45) is 3.53. The lowest BCUT2D eigenvalue weighted by molar-refractivity contribution is -0.159. The third kappa shape index (κ3) is 6.01. The number of piperidine rings is 3. The number of carboxylic acid groups (broad SMARTS) is 2. The Morgan fingerprint density at radius 1 is 1.00 bits per heavy atom. The van der Waals surface area contributed by atoms with Crippen LogP contribution in [0.3, 0.4) is 0 Å². The van der Waals surface area contributed by atoms with Gasteiger partial charge in [-0.2, -0.15) is 0 Å². The minimum Gasteiger partial charge on any atom is -0.478 e. The maximum absolute atomic E-state index is 12.9. The van der Waals surface area contributed by atoms with E-state index in [9.17, 15) is 14.4 Å². The zero-order chi connectivity index (χ0) is 21.5. The minimum absolute atomic E-state index is 0.0800. The van der Waals surface area contributed by atoms with Gasteiger partial charge in [-0.1, -0.05) is 12.1 Å². The van der Waals surface area contributed by atoms with Gasteiger partial charge in [-0.15, -0.1) is 22.7 Å². The van der Waals surface area contributed by atoms with Crippen LogP contribution in [0.4, 0.5) is 0 Å². The molecule has 2 N–H and O–H groups in total. The number of thiophene rings is 2. The second-order valence-corrected chi connectivity index (χ2v) is 9.05. The summed E-state index contributed by atoms with van der Waals surface area (Å²) >= 11 is 3.26. The molecule has 2 bridgehead atoms. The minimum atomic E-state index is -1.26. The lowest BCUT2D eigenvalue weighted by Gasteiger charge is -2.44. The van der Waals surface area contributed by atoms with Gasteiger partial charge in [-0.3, -0.25) is 9.69 Å². The van der Waals surface area contributed by atoms with Crippen LogP contribution in [-0.2, 0) is 19.1 Å². The van der Waals surface area contributed by atoms with Crippen molar-refractivity contribution in [2.45, 2.75) is 24.9 Å². The molecule has 5 rings (SSSR count). The molecule has 0 saturated carbocycles. The Hall–Kier alpha value is -2.49.